The number of hydrogen-bond donors (Lipinski definition) is 2. The summed E-state index contributed by atoms with van der Waals surface area (Å²) in [6, 6.07) is 5.41. The van der Waals surface area contributed by atoms with Gasteiger partial charge in [0.2, 0.25) is 0 Å². The van der Waals surface area contributed by atoms with E-state index in [9.17, 15) is 4.79 Å². The average Bonchev–Trinajstić information content (AvgIpc) is 2.39. The third kappa shape index (κ3) is 3.17. The van der Waals surface area contributed by atoms with Crippen LogP contribution in [0.25, 0.3) is 0 Å². The Kier molecular flexibility index (Phi) is 4.27. The van der Waals surface area contributed by atoms with Crippen LogP contribution in [0, 0.1) is 0 Å². The molecule has 1 aromatic carbocycles. The molecule has 19 heavy (non-hydrogen) atoms. The number of ether oxygens (including phenoxy) is 1. The zero-order valence-corrected chi connectivity index (χ0v) is 11.5. The van der Waals surface area contributed by atoms with E-state index in [1.165, 1.54) is 0 Å². The zero-order valence-electron chi connectivity index (χ0n) is 11.5. The monoisotopic (exact) mass is 263 g/mol. The van der Waals surface area contributed by atoms with Gasteiger partial charge in [-0.15, -0.1) is 0 Å². The van der Waals surface area contributed by atoms with Gasteiger partial charge in [0.1, 0.15) is 0 Å². The van der Waals surface area contributed by atoms with Crippen molar-refractivity contribution >= 4 is 17.3 Å². The van der Waals surface area contributed by atoms with Gasteiger partial charge < -0.3 is 20.7 Å². The number of rotatable bonds is 3. The van der Waals surface area contributed by atoms with Crippen LogP contribution >= 0.6 is 0 Å². The van der Waals surface area contributed by atoms with Gasteiger partial charge in [-0.05, 0) is 32.0 Å². The molecule has 0 aliphatic carbocycles. The Morgan fingerprint density at radius 1 is 1.58 bits per heavy atom. The molecule has 0 bridgehead atoms. The van der Waals surface area contributed by atoms with Crippen LogP contribution in [0.15, 0.2) is 18.2 Å². The van der Waals surface area contributed by atoms with Gasteiger partial charge in [0, 0.05) is 25.2 Å². The Hall–Kier alpha value is -1.75. The van der Waals surface area contributed by atoms with Crippen molar-refractivity contribution in [2.45, 2.75) is 20.0 Å². The number of nitrogens with two attached hydrogens (primary N) is 1. The van der Waals surface area contributed by atoms with E-state index in [0.29, 0.717) is 24.4 Å². The molecule has 1 saturated heterocycles. The van der Waals surface area contributed by atoms with Crippen molar-refractivity contribution in [1.82, 2.24) is 5.32 Å². The molecule has 5 heteroatoms. The largest absolute Gasteiger partial charge is 0.397 e. The Morgan fingerprint density at radius 2 is 2.37 bits per heavy atom. The standard InChI is InChI=1S/C14H21N3O2/c1-3-16-14(18)11-4-5-12(15)13(8-11)17-6-7-19-10(2)9-17/h4-5,8,10H,3,6-7,9,15H2,1-2H3,(H,16,18). The maximum Gasteiger partial charge on any atom is 0.251 e. The molecule has 2 rings (SSSR count). The average molecular weight is 263 g/mol. The third-order valence-corrected chi connectivity index (χ3v) is 3.21. The number of benzene rings is 1. The lowest BCUT2D eigenvalue weighted by molar-refractivity contribution is 0.0533. The lowest BCUT2D eigenvalue weighted by Crippen LogP contribution is -2.41. The fourth-order valence-electron chi connectivity index (χ4n) is 2.26. The number of carbonyl (C=O) groups is 1. The second-order valence-corrected chi connectivity index (χ2v) is 4.76. The summed E-state index contributed by atoms with van der Waals surface area (Å²) in [7, 11) is 0. The Labute approximate surface area is 113 Å². The van der Waals surface area contributed by atoms with Gasteiger partial charge in [-0.1, -0.05) is 0 Å². The molecule has 0 radical (unpaired) electrons. The molecule has 1 aliphatic heterocycles. The van der Waals surface area contributed by atoms with Crippen LogP contribution in [-0.4, -0.2) is 38.3 Å². The first-order valence-corrected chi connectivity index (χ1v) is 6.66. The molecule has 3 N–H and O–H groups in total. The number of carbonyl (C=O) groups excluding carboxylic acids is 1. The molecule has 1 fully saturated rings. The summed E-state index contributed by atoms with van der Waals surface area (Å²) < 4.78 is 5.52. The summed E-state index contributed by atoms with van der Waals surface area (Å²) >= 11 is 0. The summed E-state index contributed by atoms with van der Waals surface area (Å²) in [5.74, 6) is -0.0648. The van der Waals surface area contributed by atoms with E-state index in [1.807, 2.05) is 19.9 Å². The smallest absolute Gasteiger partial charge is 0.251 e. The van der Waals surface area contributed by atoms with Crippen LogP contribution in [0.3, 0.4) is 0 Å². The lowest BCUT2D eigenvalue weighted by atomic mass is 10.1. The molecule has 1 unspecified atom stereocenters. The zero-order chi connectivity index (χ0) is 13.8. The van der Waals surface area contributed by atoms with Crippen LogP contribution in [-0.2, 0) is 4.74 Å². The molecule has 1 heterocycles. The predicted molar refractivity (Wildman–Crippen MR) is 76.5 cm³/mol. The van der Waals surface area contributed by atoms with Gasteiger partial charge in [0.25, 0.3) is 5.91 Å². The summed E-state index contributed by atoms with van der Waals surface area (Å²) in [5, 5.41) is 2.80. The number of nitrogen functional groups attached to an aromatic ring is 1. The maximum absolute atomic E-state index is 11.9. The van der Waals surface area contributed by atoms with Crippen LogP contribution in [0.1, 0.15) is 24.2 Å². The number of nitrogens with zero attached hydrogens (tertiary/aromatic N) is 1. The SMILES string of the molecule is CCNC(=O)c1ccc(N)c(N2CCOC(C)C2)c1. The van der Waals surface area contributed by atoms with Crippen molar-refractivity contribution in [3.63, 3.8) is 0 Å². The summed E-state index contributed by atoms with van der Waals surface area (Å²) in [6.45, 7) is 6.84. The van der Waals surface area contributed by atoms with Crippen LogP contribution in [0.5, 0.6) is 0 Å². The van der Waals surface area contributed by atoms with Crippen molar-refractivity contribution in [2.24, 2.45) is 0 Å². The van der Waals surface area contributed by atoms with Crippen molar-refractivity contribution in [2.75, 3.05) is 36.9 Å². The topological polar surface area (TPSA) is 67.6 Å². The Balaban J connectivity index is 2.23. The molecule has 0 aromatic heterocycles. The van der Waals surface area contributed by atoms with Crippen molar-refractivity contribution in [3.05, 3.63) is 23.8 Å². The van der Waals surface area contributed by atoms with Gasteiger partial charge in [-0.3, -0.25) is 4.79 Å². The molecule has 0 saturated carbocycles. The fraction of sp³-hybridized carbons (Fsp3) is 0.500. The highest BCUT2D eigenvalue weighted by Gasteiger charge is 2.19. The summed E-state index contributed by atoms with van der Waals surface area (Å²) in [5.41, 5.74) is 8.28. The first-order chi connectivity index (χ1) is 9.11. The predicted octanol–water partition coefficient (Wildman–Crippen LogP) is 1.24. The minimum atomic E-state index is -0.0648. The minimum Gasteiger partial charge on any atom is -0.397 e. The molecule has 104 valence electrons. The van der Waals surface area contributed by atoms with Crippen LogP contribution in [0.4, 0.5) is 11.4 Å². The number of nitrogens with one attached hydrogen (secondary N) is 1. The molecular formula is C14H21N3O2. The fourth-order valence-corrected chi connectivity index (χ4v) is 2.26. The van der Waals surface area contributed by atoms with E-state index in [2.05, 4.69) is 10.2 Å². The molecule has 1 amide bonds. The van der Waals surface area contributed by atoms with E-state index >= 15 is 0 Å². The van der Waals surface area contributed by atoms with Gasteiger partial charge in [0.15, 0.2) is 0 Å². The van der Waals surface area contributed by atoms with Gasteiger partial charge in [-0.25, -0.2) is 0 Å². The Bertz CT molecular complexity index is 462. The van der Waals surface area contributed by atoms with E-state index in [4.69, 9.17) is 10.5 Å². The normalized spacial score (nSPS) is 19.3. The quantitative estimate of drug-likeness (QED) is 0.805. The van der Waals surface area contributed by atoms with Crippen molar-refractivity contribution in [3.8, 4) is 0 Å². The molecule has 0 spiro atoms. The molecule has 5 nitrogen and oxygen atoms in total. The lowest BCUT2D eigenvalue weighted by Gasteiger charge is -2.33. The van der Waals surface area contributed by atoms with Crippen molar-refractivity contribution < 1.29 is 9.53 Å². The van der Waals surface area contributed by atoms with E-state index in [-0.39, 0.29) is 12.0 Å². The van der Waals surface area contributed by atoms with Gasteiger partial charge in [0.05, 0.1) is 24.1 Å². The summed E-state index contributed by atoms with van der Waals surface area (Å²) in [6.07, 6.45) is 0.182. The minimum absolute atomic E-state index is 0.0648. The summed E-state index contributed by atoms with van der Waals surface area (Å²) in [4.78, 5) is 14.0. The number of amides is 1. The number of hydrogen-bond acceptors (Lipinski definition) is 4. The number of anilines is 2. The highest BCUT2D eigenvalue weighted by Crippen LogP contribution is 2.26. The third-order valence-electron chi connectivity index (χ3n) is 3.21. The number of morpholine rings is 1. The second-order valence-electron chi connectivity index (χ2n) is 4.76. The Morgan fingerprint density at radius 3 is 3.05 bits per heavy atom. The molecule has 1 atom stereocenters. The van der Waals surface area contributed by atoms with Gasteiger partial charge >= 0.3 is 0 Å². The van der Waals surface area contributed by atoms with E-state index < -0.39 is 0 Å². The maximum atomic E-state index is 11.9. The molecular weight excluding hydrogens is 242 g/mol. The van der Waals surface area contributed by atoms with Crippen molar-refractivity contribution in [1.29, 1.82) is 0 Å². The van der Waals surface area contributed by atoms with E-state index in [0.717, 1.165) is 18.8 Å². The highest BCUT2D eigenvalue weighted by atomic mass is 16.5. The molecule has 1 aromatic rings. The van der Waals surface area contributed by atoms with Gasteiger partial charge in [-0.2, -0.15) is 0 Å². The second kappa shape index (κ2) is 5.93. The van der Waals surface area contributed by atoms with Crippen LogP contribution in [0.2, 0.25) is 0 Å². The van der Waals surface area contributed by atoms with Crippen LogP contribution < -0.4 is 16.0 Å². The highest BCUT2D eigenvalue weighted by molar-refractivity contribution is 5.96. The molecule has 1 aliphatic rings. The van der Waals surface area contributed by atoms with E-state index in [1.54, 1.807) is 12.1 Å². The first kappa shape index (κ1) is 13.7. The first-order valence-electron chi connectivity index (χ1n) is 6.66.